The van der Waals surface area contributed by atoms with Crippen molar-refractivity contribution < 1.29 is 17.6 Å². The largest absolute Gasteiger partial charge is 0.543 e. The standard InChI is InChI=1S/C10H14F3NOSi/c1-16(2,3)15-9-5-4-7(6-8(9)14)10(11,12)13/h4-6H,14H2,1-3H3. The first-order valence-corrected chi connectivity index (χ1v) is 8.16. The summed E-state index contributed by atoms with van der Waals surface area (Å²) in [5.41, 5.74) is 4.79. The van der Waals surface area contributed by atoms with Crippen LogP contribution in [0.4, 0.5) is 18.9 Å². The number of alkyl halides is 3. The topological polar surface area (TPSA) is 35.2 Å². The second-order valence-electron chi connectivity index (χ2n) is 4.46. The lowest BCUT2D eigenvalue weighted by atomic mass is 10.2. The molecule has 16 heavy (non-hydrogen) atoms. The number of hydrogen-bond donors (Lipinski definition) is 1. The molecular formula is C10H14F3NOSi. The van der Waals surface area contributed by atoms with Gasteiger partial charge in [0.15, 0.2) is 0 Å². The SMILES string of the molecule is C[Si](C)(C)Oc1ccc(C(F)(F)F)cc1N. The first-order valence-electron chi connectivity index (χ1n) is 4.75. The first-order chi connectivity index (χ1) is 7.09. The van der Waals surface area contributed by atoms with Crippen LogP contribution in [0, 0.1) is 0 Å². The lowest BCUT2D eigenvalue weighted by molar-refractivity contribution is -0.137. The van der Waals surface area contributed by atoms with Gasteiger partial charge in [0.1, 0.15) is 5.75 Å². The summed E-state index contributed by atoms with van der Waals surface area (Å²) < 4.78 is 42.6. The molecule has 0 bridgehead atoms. The summed E-state index contributed by atoms with van der Waals surface area (Å²) in [5.74, 6) is 0.326. The molecule has 0 aliphatic rings. The highest BCUT2D eigenvalue weighted by Gasteiger charge is 2.31. The molecule has 6 heteroatoms. The highest BCUT2D eigenvalue weighted by Crippen LogP contribution is 2.34. The van der Waals surface area contributed by atoms with Crippen molar-refractivity contribution in [3.63, 3.8) is 0 Å². The van der Waals surface area contributed by atoms with Gasteiger partial charge in [-0.05, 0) is 37.8 Å². The summed E-state index contributed by atoms with van der Waals surface area (Å²) in [6.07, 6.45) is -4.37. The molecule has 1 aromatic carbocycles. The van der Waals surface area contributed by atoms with Crippen LogP contribution in [0.1, 0.15) is 5.56 Å². The maximum absolute atomic E-state index is 12.3. The number of anilines is 1. The van der Waals surface area contributed by atoms with Crippen molar-refractivity contribution in [2.45, 2.75) is 25.8 Å². The zero-order valence-corrected chi connectivity index (χ0v) is 10.4. The van der Waals surface area contributed by atoms with Gasteiger partial charge in [-0.25, -0.2) is 0 Å². The number of halogens is 3. The van der Waals surface area contributed by atoms with Gasteiger partial charge in [-0.2, -0.15) is 13.2 Å². The minimum absolute atomic E-state index is 0.0252. The quantitative estimate of drug-likeness (QED) is 0.643. The van der Waals surface area contributed by atoms with E-state index in [1.54, 1.807) is 0 Å². The van der Waals surface area contributed by atoms with Crippen LogP contribution >= 0.6 is 0 Å². The molecule has 0 atom stereocenters. The third-order valence-corrected chi connectivity index (χ3v) is 2.59. The molecule has 1 aromatic rings. The number of hydrogen-bond acceptors (Lipinski definition) is 2. The molecule has 0 amide bonds. The van der Waals surface area contributed by atoms with E-state index in [1.807, 2.05) is 19.6 Å². The first kappa shape index (κ1) is 12.9. The molecule has 2 N–H and O–H groups in total. The van der Waals surface area contributed by atoms with Crippen LogP contribution in [-0.4, -0.2) is 8.32 Å². The Balaban J connectivity index is 3.01. The van der Waals surface area contributed by atoms with Gasteiger partial charge in [0.2, 0.25) is 8.32 Å². The van der Waals surface area contributed by atoms with Crippen LogP contribution in [0.2, 0.25) is 19.6 Å². The van der Waals surface area contributed by atoms with Crippen molar-refractivity contribution >= 4 is 14.0 Å². The summed E-state index contributed by atoms with van der Waals surface area (Å²) in [6.45, 7) is 5.80. The van der Waals surface area contributed by atoms with Crippen LogP contribution in [-0.2, 0) is 6.18 Å². The van der Waals surface area contributed by atoms with Gasteiger partial charge in [0, 0.05) is 0 Å². The molecule has 0 aromatic heterocycles. The Kier molecular flexibility index (Phi) is 3.23. The Hall–Kier alpha value is -1.17. The van der Waals surface area contributed by atoms with Crippen molar-refractivity contribution in [3.05, 3.63) is 23.8 Å². The summed E-state index contributed by atoms with van der Waals surface area (Å²) in [7, 11) is -1.85. The highest BCUT2D eigenvalue weighted by atomic mass is 28.4. The molecule has 1 rings (SSSR count). The van der Waals surface area contributed by atoms with Crippen LogP contribution in [0.25, 0.3) is 0 Å². The summed E-state index contributed by atoms with van der Waals surface area (Å²) in [6, 6.07) is 3.15. The van der Waals surface area contributed by atoms with Crippen LogP contribution in [0.3, 0.4) is 0 Å². The molecule has 0 saturated heterocycles. The van der Waals surface area contributed by atoms with Crippen molar-refractivity contribution in [1.29, 1.82) is 0 Å². The summed E-state index contributed by atoms with van der Waals surface area (Å²) in [4.78, 5) is 0. The average Bonchev–Trinajstić information content (AvgIpc) is 2.04. The number of nitrogens with two attached hydrogens (primary N) is 1. The monoisotopic (exact) mass is 249 g/mol. The minimum Gasteiger partial charge on any atom is -0.543 e. The Morgan fingerprint density at radius 1 is 1.19 bits per heavy atom. The van der Waals surface area contributed by atoms with Crippen molar-refractivity contribution in [3.8, 4) is 5.75 Å². The van der Waals surface area contributed by atoms with E-state index >= 15 is 0 Å². The Bertz CT molecular complexity index is 385. The third kappa shape index (κ3) is 3.44. The maximum atomic E-state index is 12.3. The van der Waals surface area contributed by atoms with Crippen LogP contribution in [0.5, 0.6) is 5.75 Å². The molecule has 0 unspecified atom stereocenters. The predicted molar refractivity (Wildman–Crippen MR) is 59.8 cm³/mol. The molecule has 0 spiro atoms. The summed E-state index contributed by atoms with van der Waals surface area (Å²) >= 11 is 0. The molecule has 90 valence electrons. The van der Waals surface area contributed by atoms with E-state index in [2.05, 4.69) is 0 Å². The highest BCUT2D eigenvalue weighted by molar-refractivity contribution is 6.70. The lowest BCUT2D eigenvalue weighted by Crippen LogP contribution is -2.29. The van der Waals surface area contributed by atoms with Crippen molar-refractivity contribution in [2.24, 2.45) is 0 Å². The Morgan fingerprint density at radius 3 is 2.12 bits per heavy atom. The normalized spacial score (nSPS) is 12.6. The van der Waals surface area contributed by atoms with E-state index in [4.69, 9.17) is 10.2 Å². The van der Waals surface area contributed by atoms with E-state index in [0.29, 0.717) is 5.75 Å². The minimum atomic E-state index is -4.37. The molecule has 2 nitrogen and oxygen atoms in total. The second kappa shape index (κ2) is 4.01. The van der Waals surface area contributed by atoms with Gasteiger partial charge in [-0.3, -0.25) is 0 Å². The van der Waals surface area contributed by atoms with Crippen LogP contribution < -0.4 is 10.2 Å². The van der Waals surface area contributed by atoms with Crippen molar-refractivity contribution in [2.75, 3.05) is 5.73 Å². The fourth-order valence-electron chi connectivity index (χ4n) is 1.15. The number of benzene rings is 1. The second-order valence-corrected chi connectivity index (χ2v) is 8.89. The molecule has 0 saturated carbocycles. The molecular weight excluding hydrogens is 235 g/mol. The fourth-order valence-corrected chi connectivity index (χ4v) is 1.99. The van der Waals surface area contributed by atoms with Gasteiger partial charge in [0.05, 0.1) is 11.3 Å². The average molecular weight is 249 g/mol. The Labute approximate surface area is 93.3 Å². The van der Waals surface area contributed by atoms with Gasteiger partial charge >= 0.3 is 6.18 Å². The van der Waals surface area contributed by atoms with Gasteiger partial charge < -0.3 is 10.2 Å². The number of rotatable bonds is 2. The third-order valence-electron chi connectivity index (χ3n) is 1.75. The molecule has 0 radical (unpaired) electrons. The van der Waals surface area contributed by atoms with Gasteiger partial charge in [0.25, 0.3) is 0 Å². The Morgan fingerprint density at radius 2 is 1.75 bits per heavy atom. The smallest absolute Gasteiger partial charge is 0.416 e. The molecule has 0 heterocycles. The summed E-state index contributed by atoms with van der Waals surface area (Å²) in [5, 5.41) is 0. The van der Waals surface area contributed by atoms with E-state index in [1.165, 1.54) is 6.07 Å². The van der Waals surface area contributed by atoms with E-state index in [0.717, 1.165) is 12.1 Å². The van der Waals surface area contributed by atoms with Gasteiger partial charge in [-0.1, -0.05) is 0 Å². The van der Waals surface area contributed by atoms with Crippen molar-refractivity contribution in [1.82, 2.24) is 0 Å². The molecule has 0 aliphatic heterocycles. The number of nitrogen functional groups attached to an aromatic ring is 1. The van der Waals surface area contributed by atoms with Gasteiger partial charge in [-0.15, -0.1) is 0 Å². The zero-order valence-electron chi connectivity index (χ0n) is 9.35. The molecule has 0 fully saturated rings. The predicted octanol–water partition coefficient (Wildman–Crippen LogP) is 3.50. The lowest BCUT2D eigenvalue weighted by Gasteiger charge is -2.21. The molecule has 0 aliphatic carbocycles. The van der Waals surface area contributed by atoms with Crippen LogP contribution in [0.15, 0.2) is 18.2 Å². The van der Waals surface area contributed by atoms with E-state index < -0.39 is 20.1 Å². The van der Waals surface area contributed by atoms with E-state index in [9.17, 15) is 13.2 Å². The fraction of sp³-hybridized carbons (Fsp3) is 0.400. The zero-order chi connectivity index (χ0) is 12.6. The maximum Gasteiger partial charge on any atom is 0.416 e. The van der Waals surface area contributed by atoms with E-state index in [-0.39, 0.29) is 5.69 Å².